The fourth-order valence-electron chi connectivity index (χ4n) is 0.850. The summed E-state index contributed by atoms with van der Waals surface area (Å²) in [6.45, 7) is 0.535. The van der Waals surface area contributed by atoms with E-state index in [0.717, 1.165) is 12.8 Å². The van der Waals surface area contributed by atoms with Crippen molar-refractivity contribution in [2.45, 2.75) is 25.4 Å². The lowest BCUT2D eigenvalue weighted by Gasteiger charge is -2.04. The molecule has 0 saturated carbocycles. The predicted molar refractivity (Wildman–Crippen MR) is 45.8 cm³/mol. The zero-order chi connectivity index (χ0) is 9.94. The molecule has 1 unspecified atom stereocenters. The molecule has 0 aliphatic carbocycles. The summed E-state index contributed by atoms with van der Waals surface area (Å²) < 4.78 is 0. The van der Waals surface area contributed by atoms with Gasteiger partial charge in [0.05, 0.1) is 19.2 Å². The van der Waals surface area contributed by atoms with E-state index in [4.69, 9.17) is 5.11 Å². The molecule has 0 spiro atoms. The molecule has 0 bridgehead atoms. The first-order chi connectivity index (χ1) is 6.31. The van der Waals surface area contributed by atoms with Crippen LogP contribution in [0.3, 0.4) is 0 Å². The van der Waals surface area contributed by atoms with E-state index in [9.17, 15) is 9.59 Å². The fourth-order valence-corrected chi connectivity index (χ4v) is 0.850. The number of nitrogens with zero attached hydrogens (tertiary/aromatic N) is 2. The van der Waals surface area contributed by atoms with Crippen molar-refractivity contribution < 1.29 is 14.7 Å². The average Bonchev–Trinajstić information content (AvgIpc) is 2.14. The molecule has 0 radical (unpaired) electrons. The van der Waals surface area contributed by atoms with Crippen LogP contribution in [-0.4, -0.2) is 36.5 Å². The Bertz CT molecular complexity index is 217. The van der Waals surface area contributed by atoms with Gasteiger partial charge in [-0.2, -0.15) is 0 Å². The molecule has 72 valence electrons. The van der Waals surface area contributed by atoms with Crippen molar-refractivity contribution in [3.05, 3.63) is 0 Å². The lowest BCUT2D eigenvalue weighted by atomic mass is 10.1. The van der Waals surface area contributed by atoms with Crippen LogP contribution in [0.1, 0.15) is 19.3 Å². The van der Waals surface area contributed by atoms with Crippen LogP contribution in [0, 0.1) is 0 Å². The third-order valence-corrected chi connectivity index (χ3v) is 1.49. The van der Waals surface area contributed by atoms with Gasteiger partial charge in [0.1, 0.15) is 0 Å². The number of rotatable bonds is 7. The van der Waals surface area contributed by atoms with Gasteiger partial charge in [0.25, 0.3) is 0 Å². The zero-order valence-electron chi connectivity index (χ0n) is 7.27. The molecule has 0 aromatic heterocycles. The summed E-state index contributed by atoms with van der Waals surface area (Å²) in [5.74, 6) is 0. The van der Waals surface area contributed by atoms with Crippen molar-refractivity contribution in [3.63, 3.8) is 0 Å². The Hall–Kier alpha value is -1.28. The summed E-state index contributed by atoms with van der Waals surface area (Å²) >= 11 is 0. The van der Waals surface area contributed by atoms with E-state index in [2.05, 4.69) is 9.98 Å². The first-order valence-corrected chi connectivity index (χ1v) is 4.06. The fraction of sp³-hybridized carbons (Fsp3) is 0.750. The third kappa shape index (κ3) is 8.63. The van der Waals surface area contributed by atoms with Crippen molar-refractivity contribution in [2.75, 3.05) is 13.1 Å². The molecule has 0 amide bonds. The van der Waals surface area contributed by atoms with Gasteiger partial charge in [-0.3, -0.25) is 0 Å². The molecule has 1 atom stereocenters. The van der Waals surface area contributed by atoms with Gasteiger partial charge in [-0.15, -0.1) is 0 Å². The van der Waals surface area contributed by atoms with Crippen LogP contribution in [0.5, 0.6) is 0 Å². The lowest BCUT2D eigenvalue weighted by molar-refractivity contribution is 0.170. The van der Waals surface area contributed by atoms with Crippen LogP contribution in [0.15, 0.2) is 9.98 Å². The largest absolute Gasteiger partial charge is 0.391 e. The molecule has 5 heteroatoms. The summed E-state index contributed by atoms with van der Waals surface area (Å²) in [5, 5.41) is 9.16. The maximum atomic E-state index is 9.66. The first-order valence-electron chi connectivity index (χ1n) is 4.06. The summed E-state index contributed by atoms with van der Waals surface area (Å²) in [7, 11) is 0. The zero-order valence-corrected chi connectivity index (χ0v) is 7.27. The lowest BCUT2D eigenvalue weighted by Crippen LogP contribution is -2.10. The van der Waals surface area contributed by atoms with Crippen molar-refractivity contribution in [3.8, 4) is 0 Å². The normalized spacial score (nSPS) is 11.2. The van der Waals surface area contributed by atoms with Crippen LogP contribution < -0.4 is 0 Å². The van der Waals surface area contributed by atoms with Gasteiger partial charge >= 0.3 is 0 Å². The van der Waals surface area contributed by atoms with E-state index in [1.807, 2.05) is 0 Å². The van der Waals surface area contributed by atoms with E-state index >= 15 is 0 Å². The Balaban J connectivity index is 3.30. The highest BCUT2D eigenvalue weighted by Crippen LogP contribution is 2.00. The molecule has 0 aliphatic rings. The van der Waals surface area contributed by atoms with Crippen molar-refractivity contribution in [2.24, 2.45) is 9.98 Å². The molecule has 5 nitrogen and oxygen atoms in total. The van der Waals surface area contributed by atoms with Gasteiger partial charge in [0.2, 0.25) is 12.2 Å². The van der Waals surface area contributed by atoms with Crippen LogP contribution >= 0.6 is 0 Å². The number of isocyanates is 2. The molecular formula is C8H12N2O3. The number of hydrogen-bond acceptors (Lipinski definition) is 5. The Kier molecular flexibility index (Phi) is 7.95. The molecule has 0 aromatic carbocycles. The Labute approximate surface area is 76.2 Å². The second kappa shape index (κ2) is 8.81. The van der Waals surface area contributed by atoms with Crippen LogP contribution in [-0.2, 0) is 9.59 Å². The van der Waals surface area contributed by atoms with Crippen LogP contribution in [0.25, 0.3) is 0 Å². The maximum Gasteiger partial charge on any atom is 0.235 e. The molecular weight excluding hydrogens is 172 g/mol. The molecule has 0 heterocycles. The maximum absolute atomic E-state index is 9.66. The highest BCUT2D eigenvalue weighted by Gasteiger charge is 2.01. The predicted octanol–water partition coefficient (Wildman–Crippen LogP) is 0.189. The molecule has 0 aromatic rings. The van der Waals surface area contributed by atoms with E-state index in [1.54, 1.807) is 0 Å². The number of carbonyl (C=O) groups excluding carboxylic acids is 2. The highest BCUT2D eigenvalue weighted by molar-refractivity contribution is 5.33. The van der Waals surface area contributed by atoms with Gasteiger partial charge in [-0.05, 0) is 19.3 Å². The number of unbranched alkanes of at least 4 members (excludes halogenated alkanes) is 1. The van der Waals surface area contributed by atoms with E-state index in [-0.39, 0.29) is 6.54 Å². The molecule has 13 heavy (non-hydrogen) atoms. The Morgan fingerprint density at radius 1 is 1.15 bits per heavy atom. The van der Waals surface area contributed by atoms with E-state index in [1.165, 1.54) is 12.2 Å². The topological polar surface area (TPSA) is 79.1 Å². The molecule has 0 rings (SSSR count). The van der Waals surface area contributed by atoms with Gasteiger partial charge in [-0.1, -0.05) is 0 Å². The molecule has 0 aliphatic heterocycles. The van der Waals surface area contributed by atoms with Gasteiger partial charge in [0, 0.05) is 0 Å². The summed E-state index contributed by atoms with van der Waals surface area (Å²) in [4.78, 5) is 25.9. The molecule has 1 N–H and O–H groups in total. The minimum Gasteiger partial charge on any atom is -0.391 e. The van der Waals surface area contributed by atoms with E-state index in [0.29, 0.717) is 13.0 Å². The molecule has 0 fully saturated rings. The number of aliphatic hydroxyl groups is 1. The highest BCUT2D eigenvalue weighted by atomic mass is 16.3. The van der Waals surface area contributed by atoms with Gasteiger partial charge < -0.3 is 5.11 Å². The second-order valence-corrected chi connectivity index (χ2v) is 2.55. The van der Waals surface area contributed by atoms with Gasteiger partial charge in [0.15, 0.2) is 0 Å². The smallest absolute Gasteiger partial charge is 0.235 e. The molecule has 0 saturated heterocycles. The Morgan fingerprint density at radius 2 is 1.85 bits per heavy atom. The average molecular weight is 184 g/mol. The SMILES string of the molecule is O=C=NCCCCC(O)CN=C=O. The van der Waals surface area contributed by atoms with Crippen molar-refractivity contribution >= 4 is 12.2 Å². The first kappa shape index (κ1) is 11.7. The number of aliphatic hydroxyl groups excluding tert-OH is 1. The summed E-state index contributed by atoms with van der Waals surface area (Å²) in [5.41, 5.74) is 0. The Morgan fingerprint density at radius 3 is 2.46 bits per heavy atom. The number of aliphatic imine (C=N–C) groups is 2. The minimum atomic E-state index is -0.596. The summed E-state index contributed by atoms with van der Waals surface area (Å²) in [6, 6.07) is 0. The van der Waals surface area contributed by atoms with Crippen LogP contribution in [0.4, 0.5) is 0 Å². The van der Waals surface area contributed by atoms with Crippen LogP contribution in [0.2, 0.25) is 0 Å². The quantitative estimate of drug-likeness (QED) is 0.348. The standard InChI is InChI=1S/C8H12N2O3/c11-6-9-4-2-1-3-8(13)5-10-7-12/h8,13H,1-5H2. The van der Waals surface area contributed by atoms with Crippen molar-refractivity contribution in [1.29, 1.82) is 0 Å². The second-order valence-electron chi connectivity index (χ2n) is 2.55. The number of hydrogen-bond donors (Lipinski definition) is 1. The minimum absolute atomic E-state index is 0.0977. The monoisotopic (exact) mass is 184 g/mol. The van der Waals surface area contributed by atoms with E-state index < -0.39 is 6.10 Å². The van der Waals surface area contributed by atoms with Gasteiger partial charge in [-0.25, -0.2) is 19.6 Å². The van der Waals surface area contributed by atoms with Crippen molar-refractivity contribution in [1.82, 2.24) is 0 Å². The third-order valence-electron chi connectivity index (χ3n) is 1.49. The summed E-state index contributed by atoms with van der Waals surface area (Å²) in [6.07, 6.45) is 4.23.